The molecule has 0 atom stereocenters. The van der Waals surface area contributed by atoms with Crippen molar-refractivity contribution in [1.82, 2.24) is 0 Å². The summed E-state index contributed by atoms with van der Waals surface area (Å²) < 4.78 is 1.07. The van der Waals surface area contributed by atoms with Crippen molar-refractivity contribution in [1.29, 1.82) is 0 Å². The molecule has 0 spiro atoms. The summed E-state index contributed by atoms with van der Waals surface area (Å²) >= 11 is 3.44. The fourth-order valence-electron chi connectivity index (χ4n) is 1.67. The average Bonchev–Trinajstić information content (AvgIpc) is 2.32. The van der Waals surface area contributed by atoms with Gasteiger partial charge in [-0.1, -0.05) is 35.8 Å². The average molecular weight is 286 g/mol. The van der Waals surface area contributed by atoms with Crippen LogP contribution in [0, 0.1) is 5.41 Å². The van der Waals surface area contributed by atoms with Crippen molar-refractivity contribution in [2.24, 2.45) is 5.41 Å². The van der Waals surface area contributed by atoms with E-state index < -0.39 is 0 Å². The number of hydrogen-bond donors (Lipinski definition) is 2. The Morgan fingerprint density at radius 1 is 1.31 bits per heavy atom. The second-order valence-corrected chi connectivity index (χ2v) is 5.14. The lowest BCUT2D eigenvalue weighted by atomic mass is 9.83. The summed E-state index contributed by atoms with van der Waals surface area (Å²) in [7, 11) is 0. The largest absolute Gasteiger partial charge is 0.396 e. The van der Waals surface area contributed by atoms with Crippen molar-refractivity contribution < 1.29 is 5.11 Å². The zero-order valence-electron chi connectivity index (χ0n) is 9.96. The van der Waals surface area contributed by atoms with Gasteiger partial charge in [-0.15, -0.1) is 0 Å². The van der Waals surface area contributed by atoms with Gasteiger partial charge >= 0.3 is 0 Å². The van der Waals surface area contributed by atoms with Gasteiger partial charge in [-0.25, -0.2) is 0 Å². The van der Waals surface area contributed by atoms with E-state index in [1.807, 2.05) is 24.3 Å². The Labute approximate surface area is 106 Å². The van der Waals surface area contributed by atoms with Crippen LogP contribution in [-0.4, -0.2) is 18.3 Å². The van der Waals surface area contributed by atoms with Crippen molar-refractivity contribution in [2.75, 3.05) is 18.5 Å². The molecule has 90 valence electrons. The van der Waals surface area contributed by atoms with E-state index >= 15 is 0 Å². The Morgan fingerprint density at radius 3 is 2.50 bits per heavy atom. The van der Waals surface area contributed by atoms with Gasteiger partial charge in [0.05, 0.1) is 6.61 Å². The Balaban J connectivity index is 2.62. The Bertz CT molecular complexity index is 315. The van der Waals surface area contributed by atoms with Crippen molar-refractivity contribution in [3.8, 4) is 0 Å². The minimum absolute atomic E-state index is 0.00230. The number of halogens is 1. The molecule has 1 aromatic rings. The van der Waals surface area contributed by atoms with Crippen LogP contribution in [0.5, 0.6) is 0 Å². The predicted octanol–water partition coefficient (Wildman–Crippen LogP) is 3.66. The van der Waals surface area contributed by atoms with Crippen molar-refractivity contribution in [2.45, 2.75) is 26.7 Å². The first-order valence-electron chi connectivity index (χ1n) is 5.76. The van der Waals surface area contributed by atoms with Crippen molar-refractivity contribution in [3.63, 3.8) is 0 Å². The molecule has 0 aliphatic carbocycles. The minimum Gasteiger partial charge on any atom is -0.396 e. The topological polar surface area (TPSA) is 32.3 Å². The molecule has 3 heteroatoms. The third-order valence-electron chi connectivity index (χ3n) is 3.33. The van der Waals surface area contributed by atoms with Crippen LogP contribution in [-0.2, 0) is 0 Å². The summed E-state index contributed by atoms with van der Waals surface area (Å²) in [6.07, 6.45) is 1.97. The molecule has 0 aromatic heterocycles. The summed E-state index contributed by atoms with van der Waals surface area (Å²) in [5, 5.41) is 12.8. The molecule has 1 rings (SSSR count). The summed E-state index contributed by atoms with van der Waals surface area (Å²) in [5.41, 5.74) is 1.09. The summed E-state index contributed by atoms with van der Waals surface area (Å²) in [5.74, 6) is 0. The number of anilines is 1. The van der Waals surface area contributed by atoms with E-state index in [4.69, 9.17) is 0 Å². The Kier molecular flexibility index (Phi) is 5.29. The molecule has 0 radical (unpaired) electrons. The van der Waals surface area contributed by atoms with E-state index in [0.29, 0.717) is 0 Å². The Hall–Kier alpha value is -0.540. The third-order valence-corrected chi connectivity index (χ3v) is 3.82. The van der Waals surface area contributed by atoms with Crippen LogP contribution in [0.15, 0.2) is 28.7 Å². The number of hydrogen-bond acceptors (Lipinski definition) is 2. The molecule has 0 bridgehead atoms. The van der Waals surface area contributed by atoms with Gasteiger partial charge in [-0.05, 0) is 31.0 Å². The first kappa shape index (κ1) is 13.5. The van der Waals surface area contributed by atoms with Crippen LogP contribution in [0.1, 0.15) is 26.7 Å². The van der Waals surface area contributed by atoms with E-state index in [0.717, 1.165) is 29.5 Å². The summed E-state index contributed by atoms with van der Waals surface area (Å²) in [4.78, 5) is 0. The molecule has 0 amide bonds. The van der Waals surface area contributed by atoms with E-state index in [-0.39, 0.29) is 12.0 Å². The van der Waals surface area contributed by atoms with E-state index in [1.165, 1.54) is 0 Å². The highest BCUT2D eigenvalue weighted by molar-refractivity contribution is 9.10. The SMILES string of the molecule is CCC(CC)(CO)CNc1cccc(Br)c1. The maximum absolute atomic E-state index is 9.46. The van der Waals surface area contributed by atoms with Crippen molar-refractivity contribution in [3.05, 3.63) is 28.7 Å². The van der Waals surface area contributed by atoms with Gasteiger partial charge in [0.15, 0.2) is 0 Å². The molecule has 0 saturated carbocycles. The molecule has 16 heavy (non-hydrogen) atoms. The minimum atomic E-state index is 0.00230. The number of rotatable bonds is 6. The second-order valence-electron chi connectivity index (χ2n) is 4.23. The fraction of sp³-hybridized carbons (Fsp3) is 0.538. The molecule has 0 unspecified atom stereocenters. The summed E-state index contributed by atoms with van der Waals surface area (Å²) in [6, 6.07) is 8.10. The van der Waals surface area contributed by atoms with Crippen LogP contribution in [0.4, 0.5) is 5.69 Å². The smallest absolute Gasteiger partial charge is 0.0504 e. The maximum atomic E-state index is 9.46. The standard InChI is InChI=1S/C13H20BrNO/c1-3-13(4-2,10-16)9-15-12-7-5-6-11(14)8-12/h5-8,15-16H,3-4,9-10H2,1-2H3. The van der Waals surface area contributed by atoms with Crippen LogP contribution < -0.4 is 5.32 Å². The lowest BCUT2D eigenvalue weighted by molar-refractivity contribution is 0.127. The van der Waals surface area contributed by atoms with Crippen LogP contribution >= 0.6 is 15.9 Å². The quantitative estimate of drug-likeness (QED) is 0.836. The van der Waals surface area contributed by atoms with Gasteiger partial charge < -0.3 is 10.4 Å². The zero-order valence-corrected chi connectivity index (χ0v) is 11.5. The van der Waals surface area contributed by atoms with Crippen LogP contribution in [0.25, 0.3) is 0 Å². The van der Waals surface area contributed by atoms with E-state index in [1.54, 1.807) is 0 Å². The monoisotopic (exact) mass is 285 g/mol. The molecular weight excluding hydrogens is 266 g/mol. The second kappa shape index (κ2) is 6.26. The number of aliphatic hydroxyl groups is 1. The van der Waals surface area contributed by atoms with Gasteiger partial charge in [0.25, 0.3) is 0 Å². The molecule has 0 saturated heterocycles. The molecular formula is C13H20BrNO. The molecule has 0 aliphatic rings. The van der Waals surface area contributed by atoms with E-state index in [9.17, 15) is 5.11 Å². The fourth-order valence-corrected chi connectivity index (χ4v) is 2.07. The number of benzene rings is 1. The highest BCUT2D eigenvalue weighted by atomic mass is 79.9. The maximum Gasteiger partial charge on any atom is 0.0504 e. The lowest BCUT2D eigenvalue weighted by Crippen LogP contribution is -2.32. The van der Waals surface area contributed by atoms with Crippen molar-refractivity contribution >= 4 is 21.6 Å². The van der Waals surface area contributed by atoms with Gasteiger partial charge in [0.2, 0.25) is 0 Å². The molecule has 2 N–H and O–H groups in total. The van der Waals surface area contributed by atoms with Gasteiger partial charge in [-0.2, -0.15) is 0 Å². The Morgan fingerprint density at radius 2 is 2.00 bits per heavy atom. The molecule has 0 fully saturated rings. The molecule has 0 aliphatic heterocycles. The molecule has 2 nitrogen and oxygen atoms in total. The third kappa shape index (κ3) is 3.49. The van der Waals surface area contributed by atoms with Crippen LogP contribution in [0.2, 0.25) is 0 Å². The summed E-state index contributed by atoms with van der Waals surface area (Å²) in [6.45, 7) is 5.30. The van der Waals surface area contributed by atoms with Gasteiger partial charge in [0.1, 0.15) is 0 Å². The number of nitrogens with one attached hydrogen (secondary N) is 1. The normalized spacial score (nSPS) is 11.5. The lowest BCUT2D eigenvalue weighted by Gasteiger charge is -2.30. The van der Waals surface area contributed by atoms with Gasteiger partial charge in [0, 0.05) is 22.1 Å². The first-order chi connectivity index (χ1) is 7.65. The highest BCUT2D eigenvalue weighted by Crippen LogP contribution is 2.26. The van der Waals surface area contributed by atoms with E-state index in [2.05, 4.69) is 35.1 Å². The highest BCUT2D eigenvalue weighted by Gasteiger charge is 2.24. The predicted molar refractivity (Wildman–Crippen MR) is 72.7 cm³/mol. The zero-order chi connectivity index (χ0) is 12.0. The molecule has 0 heterocycles. The van der Waals surface area contributed by atoms with Crippen LogP contribution in [0.3, 0.4) is 0 Å². The first-order valence-corrected chi connectivity index (χ1v) is 6.55. The molecule has 1 aromatic carbocycles. The van der Waals surface area contributed by atoms with Gasteiger partial charge in [-0.3, -0.25) is 0 Å². The number of aliphatic hydroxyl groups excluding tert-OH is 1.